The van der Waals surface area contributed by atoms with Gasteiger partial charge in [0.25, 0.3) is 5.91 Å². The molecule has 0 spiro atoms. The molecular weight excluding hydrogens is 425 g/mol. The normalized spacial score (nSPS) is 13.7. The highest BCUT2D eigenvalue weighted by Crippen LogP contribution is 2.23. The van der Waals surface area contributed by atoms with Crippen molar-refractivity contribution in [3.63, 3.8) is 0 Å². The molecule has 2 rings (SSSR count). The molecule has 0 aliphatic heterocycles. The summed E-state index contributed by atoms with van der Waals surface area (Å²) >= 11 is -1.96. The summed E-state index contributed by atoms with van der Waals surface area (Å²) in [5, 5.41) is 8.82. The van der Waals surface area contributed by atoms with Gasteiger partial charge in [-0.3, -0.25) is 10.0 Å². The minimum absolute atomic E-state index is 0.271. The lowest BCUT2D eigenvalue weighted by Gasteiger charge is -2.17. The summed E-state index contributed by atoms with van der Waals surface area (Å²) in [4.78, 5) is 11.3. The van der Waals surface area contributed by atoms with Crippen LogP contribution in [0.2, 0.25) is 0 Å². The summed E-state index contributed by atoms with van der Waals surface area (Å²) in [6, 6.07) is 13.1. The number of nitrogens with one attached hydrogen (secondary N) is 1. The van der Waals surface area contributed by atoms with Crippen molar-refractivity contribution in [2.45, 2.75) is 31.5 Å². The van der Waals surface area contributed by atoms with Crippen LogP contribution >= 0.6 is 0 Å². The van der Waals surface area contributed by atoms with E-state index in [1.807, 2.05) is 24.3 Å². The maximum absolute atomic E-state index is 12.2. The van der Waals surface area contributed by atoms with Gasteiger partial charge in [0.1, 0.15) is 11.0 Å². The number of rotatable bonds is 9. The molecule has 2 aromatic rings. The van der Waals surface area contributed by atoms with Gasteiger partial charge in [0.05, 0.1) is 6.54 Å². The summed E-state index contributed by atoms with van der Waals surface area (Å²) in [5.74, 6) is -1.09. The van der Waals surface area contributed by atoms with E-state index >= 15 is 0 Å². The van der Waals surface area contributed by atoms with E-state index in [9.17, 15) is 22.2 Å². The smallest absolute Gasteiger partial charge is 0.406 e. The number of hydroxylamine groups is 3. The third-order valence-electron chi connectivity index (χ3n) is 3.96. The van der Waals surface area contributed by atoms with Crippen LogP contribution in [0.3, 0.4) is 0 Å². The largest absolute Gasteiger partial charge is 0.573 e. The average molecular weight is 446 g/mol. The number of hydrogen-bond acceptors (Lipinski definition) is 6. The van der Waals surface area contributed by atoms with Gasteiger partial charge in [0, 0.05) is 7.05 Å². The third-order valence-corrected chi connectivity index (χ3v) is 5.16. The van der Waals surface area contributed by atoms with Crippen LogP contribution in [0.15, 0.2) is 48.5 Å². The zero-order valence-electron chi connectivity index (χ0n) is 16.2. The van der Waals surface area contributed by atoms with Crippen LogP contribution < -0.4 is 10.2 Å². The molecule has 0 fully saturated rings. The van der Waals surface area contributed by atoms with Gasteiger partial charge in [0.2, 0.25) is 0 Å². The van der Waals surface area contributed by atoms with Gasteiger partial charge in [-0.05, 0) is 42.2 Å². The third kappa shape index (κ3) is 7.75. The molecule has 0 aliphatic carbocycles. The van der Waals surface area contributed by atoms with Gasteiger partial charge in [-0.1, -0.05) is 36.4 Å². The zero-order chi connectivity index (χ0) is 22.3. The maximum Gasteiger partial charge on any atom is 0.573 e. The van der Waals surface area contributed by atoms with E-state index in [0.717, 1.165) is 16.7 Å². The van der Waals surface area contributed by atoms with E-state index in [4.69, 9.17) is 9.49 Å². The molecule has 164 valence electrons. The standard InChI is InChI=1S/C19H21F3N2O5S/c1-13(18(25)23-26)30(27)29-24(2)12-16-5-3-14(4-6-16)11-15-7-9-17(10-8-15)28-19(20,21)22/h3-10,13,26H,11-12H2,1-2H3,(H,23,25). The fourth-order valence-corrected chi connectivity index (χ4v) is 3.12. The fraction of sp³-hybridized carbons (Fsp3) is 0.316. The summed E-state index contributed by atoms with van der Waals surface area (Å²) in [5.41, 5.74) is 4.04. The Labute approximate surface area is 174 Å². The molecule has 0 aromatic heterocycles. The highest BCUT2D eigenvalue weighted by molar-refractivity contribution is 7.81. The van der Waals surface area contributed by atoms with Crippen LogP contribution in [0.1, 0.15) is 23.6 Å². The van der Waals surface area contributed by atoms with Crippen molar-refractivity contribution >= 4 is 17.0 Å². The number of nitrogens with zero attached hydrogens (tertiary/aromatic N) is 1. The van der Waals surface area contributed by atoms with Crippen LogP contribution in [-0.2, 0) is 33.1 Å². The second kappa shape index (κ2) is 10.5. The number of hydrogen-bond donors (Lipinski definition) is 2. The van der Waals surface area contributed by atoms with Crippen molar-refractivity contribution < 1.29 is 36.4 Å². The molecule has 1 amide bonds. The molecule has 0 heterocycles. The fourth-order valence-electron chi connectivity index (χ4n) is 2.46. The maximum atomic E-state index is 12.2. The van der Waals surface area contributed by atoms with Crippen LogP contribution in [0, 0.1) is 0 Å². The van der Waals surface area contributed by atoms with Crippen molar-refractivity contribution in [2.24, 2.45) is 0 Å². The Hall–Kier alpha value is -2.47. The number of carbonyl (C=O) groups is 1. The Morgan fingerprint density at radius 3 is 2.10 bits per heavy atom. The average Bonchev–Trinajstić information content (AvgIpc) is 2.68. The van der Waals surface area contributed by atoms with Crippen molar-refractivity contribution in [1.29, 1.82) is 0 Å². The quantitative estimate of drug-likeness (QED) is 0.455. The lowest BCUT2D eigenvalue weighted by molar-refractivity contribution is -0.274. The summed E-state index contributed by atoms with van der Waals surface area (Å²) in [6.07, 6.45) is -4.19. The molecule has 2 atom stereocenters. The van der Waals surface area contributed by atoms with Gasteiger partial charge in [-0.2, -0.15) is 9.35 Å². The first-order chi connectivity index (χ1) is 14.1. The summed E-state index contributed by atoms with van der Waals surface area (Å²) in [6.45, 7) is 1.65. The topological polar surface area (TPSA) is 88.1 Å². The minimum atomic E-state index is -4.72. The molecular formula is C19H21F3N2O5S. The Balaban J connectivity index is 1.89. The molecule has 2 unspecified atom stereocenters. The summed E-state index contributed by atoms with van der Waals surface area (Å²) < 4.78 is 57.5. The van der Waals surface area contributed by atoms with E-state index in [1.165, 1.54) is 29.6 Å². The number of carbonyl (C=O) groups excluding carboxylic acids is 1. The van der Waals surface area contributed by atoms with E-state index in [1.54, 1.807) is 19.2 Å². The first-order valence-electron chi connectivity index (χ1n) is 8.74. The van der Waals surface area contributed by atoms with Gasteiger partial charge in [0.15, 0.2) is 11.1 Å². The molecule has 0 saturated heterocycles. The lowest BCUT2D eigenvalue weighted by Crippen LogP contribution is -2.36. The monoisotopic (exact) mass is 446 g/mol. The zero-order valence-corrected chi connectivity index (χ0v) is 17.0. The predicted octanol–water partition coefficient (Wildman–Crippen LogP) is 3.10. The lowest BCUT2D eigenvalue weighted by atomic mass is 10.0. The molecule has 11 heteroatoms. The Bertz CT molecular complexity index is 860. The van der Waals surface area contributed by atoms with Crippen LogP contribution in [0.25, 0.3) is 0 Å². The molecule has 7 nitrogen and oxygen atoms in total. The number of ether oxygens (including phenoxy) is 1. The minimum Gasteiger partial charge on any atom is -0.406 e. The van der Waals surface area contributed by atoms with Gasteiger partial charge >= 0.3 is 6.36 Å². The highest BCUT2D eigenvalue weighted by atomic mass is 32.2. The number of benzene rings is 2. The number of halogens is 3. The molecule has 0 saturated carbocycles. The summed E-state index contributed by atoms with van der Waals surface area (Å²) in [7, 11) is 1.56. The second-order valence-electron chi connectivity index (χ2n) is 6.42. The Morgan fingerprint density at radius 2 is 1.60 bits per heavy atom. The second-order valence-corrected chi connectivity index (χ2v) is 7.80. The van der Waals surface area contributed by atoms with Crippen LogP contribution in [0.4, 0.5) is 13.2 Å². The highest BCUT2D eigenvalue weighted by Gasteiger charge is 2.30. The molecule has 0 radical (unpaired) electrons. The van der Waals surface area contributed by atoms with Crippen molar-refractivity contribution in [1.82, 2.24) is 10.5 Å². The number of alkyl halides is 3. The van der Waals surface area contributed by atoms with Gasteiger partial charge in [-0.25, -0.2) is 9.69 Å². The molecule has 2 aromatic carbocycles. The SMILES string of the molecule is CC(C(=O)NO)S(=O)ON(C)Cc1ccc(Cc2ccc(OC(F)(F)F)cc2)cc1. The van der Waals surface area contributed by atoms with E-state index < -0.39 is 28.6 Å². The molecule has 0 aliphatic rings. The molecule has 0 bridgehead atoms. The van der Waals surface area contributed by atoms with Crippen LogP contribution in [0.5, 0.6) is 5.75 Å². The molecule has 30 heavy (non-hydrogen) atoms. The van der Waals surface area contributed by atoms with E-state index in [2.05, 4.69) is 4.74 Å². The molecule has 2 N–H and O–H groups in total. The van der Waals surface area contributed by atoms with Crippen molar-refractivity contribution in [3.05, 3.63) is 65.2 Å². The number of amides is 1. The first-order valence-corrected chi connectivity index (χ1v) is 9.88. The predicted molar refractivity (Wildman–Crippen MR) is 102 cm³/mol. The van der Waals surface area contributed by atoms with E-state index in [0.29, 0.717) is 13.0 Å². The first kappa shape index (κ1) is 23.8. The van der Waals surface area contributed by atoms with Gasteiger partial charge in [-0.15, -0.1) is 13.2 Å². The van der Waals surface area contributed by atoms with Crippen LogP contribution in [-0.4, -0.2) is 39.0 Å². The Morgan fingerprint density at radius 1 is 1.10 bits per heavy atom. The Kier molecular flexibility index (Phi) is 8.35. The van der Waals surface area contributed by atoms with E-state index in [-0.39, 0.29) is 5.75 Å². The van der Waals surface area contributed by atoms with Crippen molar-refractivity contribution in [2.75, 3.05) is 7.05 Å². The van der Waals surface area contributed by atoms with Gasteiger partial charge < -0.3 is 4.74 Å². The van der Waals surface area contributed by atoms with Crippen molar-refractivity contribution in [3.8, 4) is 5.75 Å².